The van der Waals surface area contributed by atoms with Crippen LogP contribution >= 0.6 is 0 Å². The first-order valence-electron chi connectivity index (χ1n) is 4.43. The number of hydrogen-bond donors (Lipinski definition) is 1. The summed E-state index contributed by atoms with van der Waals surface area (Å²) in [4.78, 5) is 0. The molecule has 0 aliphatic heterocycles. The lowest BCUT2D eigenvalue weighted by atomic mass is 9.88. The van der Waals surface area contributed by atoms with Crippen molar-refractivity contribution in [1.29, 1.82) is 0 Å². The maximum Gasteiger partial charge on any atom is 0.166 e. The van der Waals surface area contributed by atoms with Gasteiger partial charge in [0.05, 0.1) is 7.11 Å². The Labute approximate surface area is 84.3 Å². The molecule has 0 fully saturated rings. The zero-order valence-electron chi connectivity index (χ0n) is 8.83. The lowest BCUT2D eigenvalue weighted by Crippen LogP contribution is -2.33. The number of ether oxygens (including phenoxy) is 2. The molecule has 3 nitrogen and oxygen atoms in total. The quantitative estimate of drug-likeness (QED) is 0.752. The Morgan fingerprint density at radius 3 is 2.64 bits per heavy atom. The molecule has 1 unspecified atom stereocenters. The van der Waals surface area contributed by atoms with E-state index in [2.05, 4.69) is 6.58 Å². The average molecular weight is 196 g/mol. The van der Waals surface area contributed by atoms with Crippen LogP contribution < -0.4 is 0 Å². The van der Waals surface area contributed by atoms with Crippen molar-refractivity contribution in [3.63, 3.8) is 0 Å². The highest BCUT2D eigenvalue weighted by molar-refractivity contribution is 5.37. The molecule has 1 rings (SSSR count). The molecule has 0 aromatic carbocycles. The number of aliphatic hydroxyl groups excluding tert-OH is 1. The molecule has 78 valence electrons. The second kappa shape index (κ2) is 3.88. The van der Waals surface area contributed by atoms with Crippen LogP contribution in [-0.2, 0) is 9.47 Å². The molecule has 0 radical (unpaired) electrons. The number of rotatable bonds is 3. The third-order valence-corrected chi connectivity index (χ3v) is 2.52. The molecular formula is C11H16O3. The van der Waals surface area contributed by atoms with E-state index < -0.39 is 5.60 Å². The van der Waals surface area contributed by atoms with E-state index in [0.29, 0.717) is 12.2 Å². The summed E-state index contributed by atoms with van der Waals surface area (Å²) in [6, 6.07) is 0. The van der Waals surface area contributed by atoms with Crippen LogP contribution in [0, 0.1) is 0 Å². The van der Waals surface area contributed by atoms with Gasteiger partial charge in [0.15, 0.2) is 11.5 Å². The molecule has 1 aliphatic rings. The van der Waals surface area contributed by atoms with E-state index in [1.165, 1.54) is 7.11 Å². The van der Waals surface area contributed by atoms with Crippen LogP contribution in [0.15, 0.2) is 35.8 Å². The second-order valence-corrected chi connectivity index (χ2v) is 3.45. The van der Waals surface area contributed by atoms with E-state index in [-0.39, 0.29) is 5.76 Å². The number of allylic oxidation sites excluding steroid dienone is 2. The molecule has 0 aromatic heterocycles. The summed E-state index contributed by atoms with van der Waals surface area (Å²) in [6.07, 6.45) is 4.11. The topological polar surface area (TPSA) is 38.7 Å². The first kappa shape index (κ1) is 10.9. The summed E-state index contributed by atoms with van der Waals surface area (Å²) in [5.74, 6) is 0.573. The van der Waals surface area contributed by atoms with Crippen molar-refractivity contribution in [2.45, 2.75) is 18.9 Å². The van der Waals surface area contributed by atoms with Gasteiger partial charge in [-0.15, -0.1) is 0 Å². The van der Waals surface area contributed by atoms with Crippen molar-refractivity contribution >= 4 is 0 Å². The Hall–Kier alpha value is -1.22. The lowest BCUT2D eigenvalue weighted by Gasteiger charge is -2.31. The third kappa shape index (κ3) is 1.68. The van der Waals surface area contributed by atoms with Gasteiger partial charge in [-0.2, -0.15) is 0 Å². The van der Waals surface area contributed by atoms with Gasteiger partial charge in [-0.3, -0.25) is 0 Å². The highest BCUT2D eigenvalue weighted by Gasteiger charge is 2.35. The van der Waals surface area contributed by atoms with Crippen molar-refractivity contribution < 1.29 is 14.6 Å². The van der Waals surface area contributed by atoms with Crippen LogP contribution in [0.2, 0.25) is 0 Å². The average Bonchev–Trinajstić information content (AvgIpc) is 2.22. The summed E-state index contributed by atoms with van der Waals surface area (Å²) in [5, 5.41) is 9.85. The Morgan fingerprint density at radius 1 is 1.57 bits per heavy atom. The molecule has 0 saturated carbocycles. The van der Waals surface area contributed by atoms with Gasteiger partial charge < -0.3 is 14.6 Å². The molecule has 0 aromatic rings. The third-order valence-electron chi connectivity index (χ3n) is 2.52. The Kier molecular flexibility index (Phi) is 3.01. The summed E-state index contributed by atoms with van der Waals surface area (Å²) in [6.45, 7) is 5.51. The maximum absolute atomic E-state index is 9.85. The standard InChI is InChI=1S/C11H16O3/c1-5-8-6-9(13-3)10(12)11(2,7-8)14-4/h5-6,12H,1,7H2,2-4H3. The summed E-state index contributed by atoms with van der Waals surface area (Å²) < 4.78 is 10.3. The minimum atomic E-state index is -0.705. The fraction of sp³-hybridized carbons (Fsp3) is 0.455. The molecule has 0 spiro atoms. The van der Waals surface area contributed by atoms with Crippen LogP contribution in [0.4, 0.5) is 0 Å². The molecule has 1 aliphatic carbocycles. The summed E-state index contributed by atoms with van der Waals surface area (Å²) in [5.41, 5.74) is 0.285. The predicted octanol–water partition coefficient (Wildman–Crippen LogP) is 2.32. The molecule has 1 N–H and O–H groups in total. The van der Waals surface area contributed by atoms with Gasteiger partial charge in [-0.1, -0.05) is 12.7 Å². The van der Waals surface area contributed by atoms with Crippen molar-refractivity contribution in [3.8, 4) is 0 Å². The van der Waals surface area contributed by atoms with Crippen LogP contribution in [0.1, 0.15) is 13.3 Å². The molecule has 0 heterocycles. The molecule has 0 amide bonds. The van der Waals surface area contributed by atoms with Crippen molar-refractivity contribution in [2.24, 2.45) is 0 Å². The normalized spacial score (nSPS) is 27.2. The molecule has 1 atom stereocenters. The van der Waals surface area contributed by atoms with E-state index in [4.69, 9.17) is 9.47 Å². The van der Waals surface area contributed by atoms with Crippen LogP contribution in [0.3, 0.4) is 0 Å². The molecule has 3 heteroatoms. The highest BCUT2D eigenvalue weighted by atomic mass is 16.5. The van der Waals surface area contributed by atoms with E-state index in [9.17, 15) is 5.11 Å². The van der Waals surface area contributed by atoms with Crippen molar-refractivity contribution in [1.82, 2.24) is 0 Å². The van der Waals surface area contributed by atoms with E-state index >= 15 is 0 Å². The molecule has 0 bridgehead atoms. The van der Waals surface area contributed by atoms with Gasteiger partial charge in [0.1, 0.15) is 5.60 Å². The lowest BCUT2D eigenvalue weighted by molar-refractivity contribution is -0.00344. The Morgan fingerprint density at radius 2 is 2.21 bits per heavy atom. The van der Waals surface area contributed by atoms with Gasteiger partial charge in [0.25, 0.3) is 0 Å². The Balaban J connectivity index is 3.14. The highest BCUT2D eigenvalue weighted by Crippen LogP contribution is 2.34. The first-order valence-corrected chi connectivity index (χ1v) is 4.43. The second-order valence-electron chi connectivity index (χ2n) is 3.45. The fourth-order valence-electron chi connectivity index (χ4n) is 1.48. The van der Waals surface area contributed by atoms with Gasteiger partial charge in [-0.25, -0.2) is 0 Å². The smallest absolute Gasteiger partial charge is 0.166 e. The molecule has 14 heavy (non-hydrogen) atoms. The summed E-state index contributed by atoms with van der Waals surface area (Å²) in [7, 11) is 3.08. The molecule has 0 saturated heterocycles. The van der Waals surface area contributed by atoms with Crippen LogP contribution in [0.25, 0.3) is 0 Å². The zero-order valence-corrected chi connectivity index (χ0v) is 8.83. The van der Waals surface area contributed by atoms with Crippen LogP contribution in [0.5, 0.6) is 0 Å². The van der Waals surface area contributed by atoms with Gasteiger partial charge in [0, 0.05) is 13.5 Å². The van der Waals surface area contributed by atoms with E-state index in [1.807, 2.05) is 6.92 Å². The summed E-state index contributed by atoms with van der Waals surface area (Å²) >= 11 is 0. The minimum Gasteiger partial charge on any atom is -0.506 e. The van der Waals surface area contributed by atoms with Crippen LogP contribution in [-0.4, -0.2) is 24.9 Å². The zero-order chi connectivity index (χ0) is 10.8. The first-order chi connectivity index (χ1) is 6.57. The maximum atomic E-state index is 9.85. The predicted molar refractivity (Wildman–Crippen MR) is 55.0 cm³/mol. The van der Waals surface area contributed by atoms with Crippen molar-refractivity contribution in [2.75, 3.05) is 14.2 Å². The van der Waals surface area contributed by atoms with E-state index in [1.54, 1.807) is 19.3 Å². The number of hydrogen-bond acceptors (Lipinski definition) is 3. The van der Waals surface area contributed by atoms with E-state index in [0.717, 1.165) is 5.57 Å². The largest absolute Gasteiger partial charge is 0.506 e. The fourth-order valence-corrected chi connectivity index (χ4v) is 1.48. The monoisotopic (exact) mass is 196 g/mol. The van der Waals surface area contributed by atoms with Gasteiger partial charge in [0.2, 0.25) is 0 Å². The van der Waals surface area contributed by atoms with Gasteiger partial charge in [-0.05, 0) is 18.6 Å². The SMILES string of the molecule is C=CC1=CC(OC)=C(O)C(C)(OC)C1. The number of methoxy groups -OCH3 is 2. The molecular weight excluding hydrogens is 180 g/mol. The van der Waals surface area contributed by atoms with Crippen molar-refractivity contribution in [3.05, 3.63) is 35.8 Å². The Bertz CT molecular complexity index is 302. The van der Waals surface area contributed by atoms with Gasteiger partial charge >= 0.3 is 0 Å². The minimum absolute atomic E-state index is 0.133. The number of aliphatic hydroxyl groups is 1.